The predicted octanol–water partition coefficient (Wildman–Crippen LogP) is 1.82. The van der Waals surface area contributed by atoms with E-state index in [2.05, 4.69) is 4.57 Å². The van der Waals surface area contributed by atoms with E-state index in [9.17, 15) is 9.59 Å². The van der Waals surface area contributed by atoms with E-state index in [1.54, 1.807) is 0 Å². The molecular formula is C17H21N3O2. The molecule has 2 amide bonds. The first-order chi connectivity index (χ1) is 10.5. The first-order valence-electron chi connectivity index (χ1n) is 7.63. The van der Waals surface area contributed by atoms with Crippen molar-refractivity contribution in [3.63, 3.8) is 0 Å². The van der Waals surface area contributed by atoms with Crippen LogP contribution in [0, 0.1) is 12.8 Å². The topological polar surface area (TPSA) is 68.3 Å². The van der Waals surface area contributed by atoms with Gasteiger partial charge in [-0.15, -0.1) is 0 Å². The number of benzene rings is 1. The molecule has 0 unspecified atom stereocenters. The van der Waals surface area contributed by atoms with Crippen LogP contribution < -0.4 is 5.73 Å². The maximum Gasteiger partial charge on any atom is 0.256 e. The molecule has 22 heavy (non-hydrogen) atoms. The van der Waals surface area contributed by atoms with E-state index in [1.165, 1.54) is 0 Å². The summed E-state index contributed by atoms with van der Waals surface area (Å²) in [6.45, 7) is 3.16. The second-order valence-electron chi connectivity index (χ2n) is 6.01. The number of aryl methyl sites for hydroxylation is 1. The molecule has 0 aliphatic carbocycles. The van der Waals surface area contributed by atoms with Gasteiger partial charge in [-0.2, -0.15) is 0 Å². The zero-order chi connectivity index (χ0) is 15.9. The van der Waals surface area contributed by atoms with Gasteiger partial charge in [0.2, 0.25) is 5.91 Å². The molecule has 1 fully saturated rings. The molecule has 2 heterocycles. The number of fused-ring (bicyclic) bond motifs is 1. The van der Waals surface area contributed by atoms with Gasteiger partial charge in [0.25, 0.3) is 5.91 Å². The highest BCUT2D eigenvalue weighted by Gasteiger charge is 2.29. The van der Waals surface area contributed by atoms with Crippen LogP contribution >= 0.6 is 0 Å². The molecule has 0 saturated carbocycles. The number of amides is 2. The minimum atomic E-state index is -0.256. The van der Waals surface area contributed by atoms with Crippen LogP contribution in [0.15, 0.2) is 24.3 Å². The second-order valence-corrected chi connectivity index (χ2v) is 6.01. The lowest BCUT2D eigenvalue weighted by atomic mass is 9.95. The van der Waals surface area contributed by atoms with Crippen molar-refractivity contribution in [3.05, 3.63) is 35.5 Å². The van der Waals surface area contributed by atoms with Crippen LogP contribution in [0.3, 0.4) is 0 Å². The number of nitrogens with zero attached hydrogens (tertiary/aromatic N) is 2. The van der Waals surface area contributed by atoms with Gasteiger partial charge in [-0.25, -0.2) is 0 Å². The Morgan fingerprint density at radius 1 is 1.18 bits per heavy atom. The second kappa shape index (κ2) is 5.48. The highest BCUT2D eigenvalue weighted by atomic mass is 16.2. The molecule has 1 aromatic carbocycles. The van der Waals surface area contributed by atoms with E-state index in [4.69, 9.17) is 5.73 Å². The maximum absolute atomic E-state index is 12.9. The van der Waals surface area contributed by atoms with E-state index >= 15 is 0 Å². The normalized spacial score (nSPS) is 16.2. The van der Waals surface area contributed by atoms with Crippen molar-refractivity contribution in [2.24, 2.45) is 18.7 Å². The summed E-state index contributed by atoms with van der Waals surface area (Å²) in [7, 11) is 1.98. The van der Waals surface area contributed by atoms with Gasteiger partial charge >= 0.3 is 0 Å². The molecule has 1 saturated heterocycles. The number of rotatable bonds is 2. The minimum Gasteiger partial charge on any atom is -0.369 e. The van der Waals surface area contributed by atoms with Crippen LogP contribution in [0.4, 0.5) is 0 Å². The maximum atomic E-state index is 12.9. The van der Waals surface area contributed by atoms with Crippen LogP contribution in [0.25, 0.3) is 10.9 Å². The van der Waals surface area contributed by atoms with E-state index in [0.717, 1.165) is 22.2 Å². The zero-order valence-corrected chi connectivity index (χ0v) is 13.0. The van der Waals surface area contributed by atoms with Gasteiger partial charge < -0.3 is 15.2 Å². The molecule has 1 aromatic heterocycles. The summed E-state index contributed by atoms with van der Waals surface area (Å²) in [5.74, 6) is -0.302. The fourth-order valence-corrected chi connectivity index (χ4v) is 3.32. The van der Waals surface area contributed by atoms with Crippen molar-refractivity contribution in [1.29, 1.82) is 0 Å². The smallest absolute Gasteiger partial charge is 0.256 e. The van der Waals surface area contributed by atoms with Crippen LogP contribution in [-0.4, -0.2) is 34.4 Å². The number of carbonyl (C=O) groups excluding carboxylic acids is 2. The molecule has 0 atom stereocenters. The van der Waals surface area contributed by atoms with Crippen molar-refractivity contribution < 1.29 is 9.59 Å². The van der Waals surface area contributed by atoms with Crippen LogP contribution in [0.1, 0.15) is 28.9 Å². The third kappa shape index (κ3) is 2.26. The number of likely N-dealkylation sites (tertiary alicyclic amines) is 1. The van der Waals surface area contributed by atoms with Crippen molar-refractivity contribution in [3.8, 4) is 0 Å². The van der Waals surface area contributed by atoms with Crippen molar-refractivity contribution in [2.75, 3.05) is 13.1 Å². The molecule has 0 bridgehead atoms. The van der Waals surface area contributed by atoms with Gasteiger partial charge in [0, 0.05) is 42.7 Å². The van der Waals surface area contributed by atoms with Gasteiger partial charge in [-0.05, 0) is 25.8 Å². The Bertz CT molecular complexity index is 740. The summed E-state index contributed by atoms with van der Waals surface area (Å²) in [4.78, 5) is 26.0. The number of hydrogen-bond donors (Lipinski definition) is 1. The van der Waals surface area contributed by atoms with Crippen molar-refractivity contribution >= 4 is 22.7 Å². The molecule has 0 radical (unpaired) electrons. The molecule has 2 aromatic rings. The van der Waals surface area contributed by atoms with Crippen molar-refractivity contribution in [1.82, 2.24) is 9.47 Å². The molecule has 0 spiro atoms. The SMILES string of the molecule is Cc1c(C(=O)N2CCC(C(N)=O)CC2)c2ccccc2n1C. The monoisotopic (exact) mass is 299 g/mol. The Kier molecular flexibility index (Phi) is 3.64. The Morgan fingerprint density at radius 3 is 2.45 bits per heavy atom. The quantitative estimate of drug-likeness (QED) is 0.919. The number of para-hydroxylation sites is 1. The molecule has 116 valence electrons. The summed E-state index contributed by atoms with van der Waals surface area (Å²) < 4.78 is 2.05. The lowest BCUT2D eigenvalue weighted by molar-refractivity contribution is -0.123. The Hall–Kier alpha value is -2.30. The number of aromatic nitrogens is 1. The Labute approximate surface area is 129 Å². The third-order valence-electron chi connectivity index (χ3n) is 4.80. The number of nitrogens with two attached hydrogens (primary N) is 1. The van der Waals surface area contributed by atoms with Gasteiger partial charge in [-0.3, -0.25) is 9.59 Å². The number of primary amides is 1. The summed E-state index contributed by atoms with van der Waals surface area (Å²) in [5, 5.41) is 0.990. The first-order valence-corrected chi connectivity index (χ1v) is 7.63. The summed E-state index contributed by atoms with van der Waals surface area (Å²) in [5.41, 5.74) is 8.17. The van der Waals surface area contributed by atoms with Gasteiger partial charge in [0.15, 0.2) is 0 Å². The third-order valence-corrected chi connectivity index (χ3v) is 4.80. The van der Waals surface area contributed by atoms with Crippen molar-refractivity contribution in [2.45, 2.75) is 19.8 Å². The number of carbonyl (C=O) groups is 2. The van der Waals surface area contributed by atoms with Crippen LogP contribution in [0.5, 0.6) is 0 Å². The van der Waals surface area contributed by atoms with Gasteiger partial charge in [-0.1, -0.05) is 18.2 Å². The lowest BCUT2D eigenvalue weighted by Gasteiger charge is -2.30. The molecule has 2 N–H and O–H groups in total. The standard InChI is InChI=1S/C17H21N3O2/c1-11-15(13-5-3-4-6-14(13)19(11)2)17(22)20-9-7-12(8-10-20)16(18)21/h3-6,12H,7-10H2,1-2H3,(H2,18,21). The summed E-state index contributed by atoms with van der Waals surface area (Å²) in [6.07, 6.45) is 1.32. The molecule has 5 heteroatoms. The molecule has 5 nitrogen and oxygen atoms in total. The fraction of sp³-hybridized carbons (Fsp3) is 0.412. The summed E-state index contributed by atoms with van der Waals surface area (Å²) >= 11 is 0. The predicted molar refractivity (Wildman–Crippen MR) is 85.5 cm³/mol. The van der Waals surface area contributed by atoms with E-state index in [1.807, 2.05) is 43.1 Å². The average molecular weight is 299 g/mol. The summed E-state index contributed by atoms with van der Waals surface area (Å²) in [6, 6.07) is 7.95. The highest BCUT2D eigenvalue weighted by Crippen LogP contribution is 2.27. The molecule has 3 rings (SSSR count). The molecule has 1 aliphatic rings. The van der Waals surface area contributed by atoms with E-state index in [0.29, 0.717) is 25.9 Å². The first kappa shape index (κ1) is 14.6. The lowest BCUT2D eigenvalue weighted by Crippen LogP contribution is -2.41. The van der Waals surface area contributed by atoms with Gasteiger partial charge in [0.05, 0.1) is 5.56 Å². The number of piperidine rings is 1. The number of hydrogen-bond acceptors (Lipinski definition) is 2. The van der Waals surface area contributed by atoms with E-state index < -0.39 is 0 Å². The highest BCUT2D eigenvalue weighted by molar-refractivity contribution is 6.08. The Balaban J connectivity index is 1.91. The minimum absolute atomic E-state index is 0.0530. The van der Waals surface area contributed by atoms with E-state index in [-0.39, 0.29) is 17.7 Å². The van der Waals surface area contributed by atoms with Gasteiger partial charge in [0.1, 0.15) is 0 Å². The Morgan fingerprint density at radius 2 is 1.82 bits per heavy atom. The largest absolute Gasteiger partial charge is 0.369 e. The van der Waals surface area contributed by atoms with Crippen LogP contribution in [0.2, 0.25) is 0 Å². The average Bonchev–Trinajstić information content (AvgIpc) is 2.79. The zero-order valence-electron chi connectivity index (χ0n) is 13.0. The molecular weight excluding hydrogens is 278 g/mol. The molecule has 1 aliphatic heterocycles. The fourth-order valence-electron chi connectivity index (χ4n) is 3.32. The van der Waals surface area contributed by atoms with Crippen LogP contribution in [-0.2, 0) is 11.8 Å².